The highest BCUT2D eigenvalue weighted by Crippen LogP contribution is 2.30. The van der Waals surface area contributed by atoms with Crippen LogP contribution in [0.15, 0.2) is 67.0 Å². The van der Waals surface area contributed by atoms with Crippen molar-refractivity contribution in [2.45, 2.75) is 6.92 Å². The van der Waals surface area contributed by atoms with Crippen LogP contribution < -0.4 is 16.4 Å². The van der Waals surface area contributed by atoms with Crippen LogP contribution in [-0.4, -0.2) is 15.0 Å². The lowest BCUT2D eigenvalue weighted by atomic mass is 10.1. The Kier molecular flexibility index (Phi) is 4.07. The zero-order valence-electron chi connectivity index (χ0n) is 14.3. The topological polar surface area (TPSA) is 88.8 Å². The van der Waals surface area contributed by atoms with Crippen LogP contribution in [0, 0.1) is 6.92 Å². The van der Waals surface area contributed by atoms with Crippen LogP contribution in [0.3, 0.4) is 0 Å². The van der Waals surface area contributed by atoms with Gasteiger partial charge < -0.3 is 16.4 Å². The van der Waals surface area contributed by atoms with E-state index < -0.39 is 0 Å². The van der Waals surface area contributed by atoms with Crippen LogP contribution in [0.2, 0.25) is 0 Å². The van der Waals surface area contributed by atoms with Gasteiger partial charge in [-0.05, 0) is 30.5 Å². The second kappa shape index (κ2) is 6.68. The highest BCUT2D eigenvalue weighted by atomic mass is 15.1. The van der Waals surface area contributed by atoms with Crippen molar-refractivity contribution in [1.29, 1.82) is 0 Å². The lowest BCUT2D eigenvalue weighted by molar-refractivity contribution is 1.15. The minimum absolute atomic E-state index is 0.434. The van der Waals surface area contributed by atoms with Gasteiger partial charge in [0.1, 0.15) is 17.8 Å². The Balaban J connectivity index is 1.67. The van der Waals surface area contributed by atoms with Gasteiger partial charge in [-0.15, -0.1) is 0 Å². The zero-order valence-corrected chi connectivity index (χ0v) is 14.3. The fourth-order valence-electron chi connectivity index (χ4n) is 2.79. The molecule has 0 spiro atoms. The predicted molar refractivity (Wildman–Crippen MR) is 106 cm³/mol. The molecule has 4 aromatic rings. The molecular weight excluding hydrogens is 324 g/mol. The summed E-state index contributed by atoms with van der Waals surface area (Å²) in [4.78, 5) is 12.9. The van der Waals surface area contributed by atoms with Crippen molar-refractivity contribution in [2.24, 2.45) is 0 Å². The number of anilines is 5. The van der Waals surface area contributed by atoms with Crippen molar-refractivity contribution in [3.05, 3.63) is 72.7 Å². The molecule has 6 nitrogen and oxygen atoms in total. The lowest BCUT2D eigenvalue weighted by Crippen LogP contribution is -2.06. The van der Waals surface area contributed by atoms with Crippen molar-refractivity contribution in [3.63, 3.8) is 0 Å². The van der Waals surface area contributed by atoms with Gasteiger partial charge in [-0.3, -0.25) is 0 Å². The Labute approximate surface area is 151 Å². The van der Waals surface area contributed by atoms with Gasteiger partial charge in [0.25, 0.3) is 0 Å². The summed E-state index contributed by atoms with van der Waals surface area (Å²) in [7, 11) is 0. The molecule has 0 saturated heterocycles. The van der Waals surface area contributed by atoms with Gasteiger partial charge in [-0.25, -0.2) is 15.0 Å². The summed E-state index contributed by atoms with van der Waals surface area (Å²) in [5, 5.41) is 8.71. The molecule has 0 saturated carbocycles. The van der Waals surface area contributed by atoms with Crippen molar-refractivity contribution in [1.82, 2.24) is 15.0 Å². The van der Waals surface area contributed by atoms with Crippen LogP contribution in [0.1, 0.15) is 5.69 Å². The van der Waals surface area contributed by atoms with Crippen molar-refractivity contribution in [2.75, 3.05) is 16.4 Å². The molecular formula is C20H18N6. The fourth-order valence-corrected chi connectivity index (χ4v) is 2.79. The van der Waals surface area contributed by atoms with Gasteiger partial charge in [0, 0.05) is 16.8 Å². The number of nitrogen functional groups attached to an aromatic ring is 1. The first-order valence-corrected chi connectivity index (χ1v) is 8.26. The Hall–Kier alpha value is -3.67. The summed E-state index contributed by atoms with van der Waals surface area (Å²) in [6.45, 7) is 1.93. The normalized spacial score (nSPS) is 10.7. The summed E-state index contributed by atoms with van der Waals surface area (Å²) in [5.74, 6) is 1.75. The number of nitrogens with two attached hydrogens (primary N) is 1. The van der Waals surface area contributed by atoms with E-state index in [4.69, 9.17) is 5.73 Å². The summed E-state index contributed by atoms with van der Waals surface area (Å²) in [5.41, 5.74) is 8.57. The second-order valence-corrected chi connectivity index (χ2v) is 5.93. The number of aromatic nitrogens is 3. The summed E-state index contributed by atoms with van der Waals surface area (Å²) in [6, 6.07) is 19.9. The zero-order chi connectivity index (χ0) is 17.9. The fraction of sp³-hybridized carbons (Fsp3) is 0.0500. The lowest BCUT2D eigenvalue weighted by Gasteiger charge is -2.13. The number of hydrogen-bond acceptors (Lipinski definition) is 6. The Morgan fingerprint density at radius 2 is 1.54 bits per heavy atom. The maximum Gasteiger partial charge on any atom is 0.160 e. The van der Waals surface area contributed by atoms with E-state index in [2.05, 4.69) is 43.8 Å². The van der Waals surface area contributed by atoms with Crippen LogP contribution in [0.5, 0.6) is 0 Å². The van der Waals surface area contributed by atoms with Gasteiger partial charge in [-0.1, -0.05) is 42.5 Å². The van der Waals surface area contributed by atoms with E-state index in [1.165, 1.54) is 6.33 Å². The average molecular weight is 342 g/mol. The molecule has 2 aromatic heterocycles. The van der Waals surface area contributed by atoms with E-state index in [0.717, 1.165) is 22.2 Å². The number of pyridine rings is 1. The van der Waals surface area contributed by atoms with E-state index >= 15 is 0 Å². The molecule has 2 heterocycles. The largest absolute Gasteiger partial charge is 0.393 e. The molecule has 0 aliphatic carbocycles. The van der Waals surface area contributed by atoms with Crippen LogP contribution in [0.25, 0.3) is 10.8 Å². The predicted octanol–water partition coefficient (Wildman–Crippen LogP) is 4.40. The molecule has 128 valence electrons. The number of nitrogens with zero attached hydrogens (tertiary/aromatic N) is 3. The SMILES string of the molecule is Cc1cccc(Nc2ncnc(Nc3cccc4ccccc34)c2N)n1. The number of hydrogen-bond donors (Lipinski definition) is 3. The maximum absolute atomic E-state index is 6.28. The molecule has 4 N–H and O–H groups in total. The van der Waals surface area contributed by atoms with Crippen molar-refractivity contribution in [3.8, 4) is 0 Å². The number of nitrogens with one attached hydrogen (secondary N) is 2. The van der Waals surface area contributed by atoms with Crippen LogP contribution in [-0.2, 0) is 0 Å². The van der Waals surface area contributed by atoms with Gasteiger partial charge >= 0.3 is 0 Å². The van der Waals surface area contributed by atoms with Gasteiger partial charge in [-0.2, -0.15) is 0 Å². The molecule has 4 rings (SSSR count). The molecule has 26 heavy (non-hydrogen) atoms. The van der Waals surface area contributed by atoms with Gasteiger partial charge in [0.2, 0.25) is 0 Å². The molecule has 6 heteroatoms. The number of rotatable bonds is 4. The number of benzene rings is 2. The second-order valence-electron chi connectivity index (χ2n) is 5.93. The van der Waals surface area contributed by atoms with E-state index in [1.54, 1.807) is 0 Å². The quantitative estimate of drug-likeness (QED) is 0.509. The molecule has 2 aromatic carbocycles. The molecule has 0 bridgehead atoms. The third-order valence-corrected chi connectivity index (χ3v) is 4.06. The first-order valence-electron chi connectivity index (χ1n) is 8.26. The van der Waals surface area contributed by atoms with E-state index in [-0.39, 0.29) is 0 Å². The number of aryl methyl sites for hydroxylation is 1. The Bertz CT molecular complexity index is 1070. The third kappa shape index (κ3) is 3.12. The smallest absolute Gasteiger partial charge is 0.160 e. The summed E-state index contributed by atoms with van der Waals surface area (Å²) < 4.78 is 0. The minimum Gasteiger partial charge on any atom is -0.393 e. The monoisotopic (exact) mass is 342 g/mol. The maximum atomic E-state index is 6.28. The van der Waals surface area contributed by atoms with Crippen LogP contribution in [0.4, 0.5) is 28.8 Å². The summed E-state index contributed by atoms with van der Waals surface area (Å²) in [6.07, 6.45) is 1.47. The van der Waals surface area contributed by atoms with Gasteiger partial charge in [0.05, 0.1) is 0 Å². The highest BCUT2D eigenvalue weighted by Gasteiger charge is 2.10. The molecule has 0 aliphatic heterocycles. The first kappa shape index (κ1) is 15.8. The Morgan fingerprint density at radius 1 is 0.808 bits per heavy atom. The van der Waals surface area contributed by atoms with E-state index in [0.29, 0.717) is 23.1 Å². The molecule has 0 radical (unpaired) electrons. The molecule has 0 fully saturated rings. The van der Waals surface area contributed by atoms with E-state index in [9.17, 15) is 0 Å². The first-order chi connectivity index (χ1) is 12.7. The molecule has 0 unspecified atom stereocenters. The highest BCUT2D eigenvalue weighted by molar-refractivity contribution is 5.96. The minimum atomic E-state index is 0.434. The molecule has 0 amide bonds. The third-order valence-electron chi connectivity index (χ3n) is 4.06. The van der Waals surface area contributed by atoms with E-state index in [1.807, 2.05) is 49.4 Å². The standard InChI is InChI=1S/C20H18N6/c1-13-6-4-11-17(24-13)26-20-18(21)19(22-12-23-20)25-16-10-5-8-14-7-2-3-9-15(14)16/h2-12H,21H2,1H3,(H2,22,23,24,25,26). The van der Waals surface area contributed by atoms with Gasteiger partial charge in [0.15, 0.2) is 11.6 Å². The molecule has 0 atom stereocenters. The van der Waals surface area contributed by atoms with Crippen molar-refractivity contribution < 1.29 is 0 Å². The van der Waals surface area contributed by atoms with Crippen LogP contribution >= 0.6 is 0 Å². The Morgan fingerprint density at radius 3 is 2.38 bits per heavy atom. The van der Waals surface area contributed by atoms with Crippen molar-refractivity contribution >= 4 is 39.6 Å². The molecule has 0 aliphatic rings. The number of fused-ring (bicyclic) bond motifs is 1. The summed E-state index contributed by atoms with van der Waals surface area (Å²) >= 11 is 0. The average Bonchev–Trinajstić information content (AvgIpc) is 2.65.